The molecule has 0 aliphatic heterocycles. The number of halogens is 4. The molecule has 0 aliphatic rings. The molecule has 3 aromatic rings. The summed E-state index contributed by atoms with van der Waals surface area (Å²) in [6, 6.07) is 15.1. The fourth-order valence-corrected chi connectivity index (χ4v) is 3.54. The summed E-state index contributed by atoms with van der Waals surface area (Å²) in [6.45, 7) is 2.00. The molecule has 0 fully saturated rings. The summed E-state index contributed by atoms with van der Waals surface area (Å²) < 4.78 is 52.0. The van der Waals surface area contributed by atoms with Crippen LogP contribution in [-0.2, 0) is 17.4 Å². The number of rotatable bonds is 8. The number of aryl methyl sites for hydroxylation is 2. The average molecular weight is 445 g/mol. The van der Waals surface area contributed by atoms with Crippen molar-refractivity contribution in [1.29, 1.82) is 0 Å². The van der Waals surface area contributed by atoms with Gasteiger partial charge < -0.3 is 10.6 Å². The molecule has 32 heavy (non-hydrogen) atoms. The Morgan fingerprint density at radius 1 is 1.09 bits per heavy atom. The van der Waals surface area contributed by atoms with Crippen molar-refractivity contribution in [3.05, 3.63) is 95.1 Å². The fraction of sp³-hybridized carbons (Fsp3) is 0.250. The van der Waals surface area contributed by atoms with Crippen LogP contribution in [0, 0.1) is 12.7 Å². The zero-order chi connectivity index (χ0) is 23.3. The molecule has 2 aromatic carbocycles. The Bertz CT molecular complexity index is 1050. The number of hydrogen-bond acceptors (Lipinski definition) is 3. The van der Waals surface area contributed by atoms with Gasteiger partial charge in [-0.25, -0.2) is 4.39 Å². The number of amides is 1. The van der Waals surface area contributed by atoms with Gasteiger partial charge >= 0.3 is 6.18 Å². The van der Waals surface area contributed by atoms with Crippen molar-refractivity contribution in [3.63, 3.8) is 0 Å². The highest BCUT2D eigenvalue weighted by atomic mass is 19.4. The first-order valence-corrected chi connectivity index (χ1v) is 10.1. The molecule has 8 heteroatoms. The molecule has 0 bridgehead atoms. The van der Waals surface area contributed by atoms with Crippen LogP contribution < -0.4 is 10.6 Å². The van der Waals surface area contributed by atoms with Gasteiger partial charge in [0.25, 0.3) is 0 Å². The van der Waals surface area contributed by atoms with Crippen molar-refractivity contribution in [3.8, 4) is 0 Å². The minimum atomic E-state index is -4.49. The van der Waals surface area contributed by atoms with Crippen molar-refractivity contribution in [1.82, 2.24) is 4.98 Å². The quantitative estimate of drug-likeness (QED) is 0.484. The predicted molar refractivity (Wildman–Crippen MR) is 114 cm³/mol. The monoisotopic (exact) mass is 445 g/mol. The molecule has 0 unspecified atom stereocenters. The fourth-order valence-electron chi connectivity index (χ4n) is 3.54. The van der Waals surface area contributed by atoms with Crippen molar-refractivity contribution >= 4 is 11.6 Å². The zero-order valence-corrected chi connectivity index (χ0v) is 17.4. The molecule has 0 radical (unpaired) electrons. The number of carbonyl (C=O) groups is 1. The largest absolute Gasteiger partial charge is 0.433 e. The smallest absolute Gasteiger partial charge is 0.368 e. The normalized spacial score (nSPS) is 12.4. The third kappa shape index (κ3) is 5.63. The van der Waals surface area contributed by atoms with Crippen LogP contribution in [0.4, 0.5) is 23.2 Å². The van der Waals surface area contributed by atoms with Crippen LogP contribution in [-0.4, -0.2) is 17.4 Å². The standard InChI is InChI=1S/C24H23F4N3O/c1-16-14-19(10-11-20(16)25)31(22(23(29)32)18-7-3-2-4-8-18)13-5-6-17-9-12-21(30-15-17)24(26,27)28/h2-4,7-12,14-15,22H,5-6,13H2,1H3,(H2,29,32)/t22-/m0/s1. The van der Waals surface area contributed by atoms with E-state index in [4.69, 9.17) is 5.73 Å². The van der Waals surface area contributed by atoms with Crippen LogP contribution in [0.5, 0.6) is 0 Å². The molecule has 1 aromatic heterocycles. The van der Waals surface area contributed by atoms with Gasteiger partial charge in [0, 0.05) is 18.4 Å². The lowest BCUT2D eigenvalue weighted by Crippen LogP contribution is -2.39. The number of nitrogens with two attached hydrogens (primary N) is 1. The Hall–Kier alpha value is -3.42. The third-order valence-electron chi connectivity index (χ3n) is 5.15. The number of benzene rings is 2. The number of alkyl halides is 3. The second-order valence-electron chi connectivity index (χ2n) is 7.50. The summed E-state index contributed by atoms with van der Waals surface area (Å²) in [5.74, 6) is -0.922. The Morgan fingerprint density at radius 3 is 2.38 bits per heavy atom. The Labute approximate surface area is 183 Å². The second kappa shape index (κ2) is 9.80. The number of aromatic nitrogens is 1. The first-order valence-electron chi connectivity index (χ1n) is 10.1. The summed E-state index contributed by atoms with van der Waals surface area (Å²) in [5, 5.41) is 0. The summed E-state index contributed by atoms with van der Waals surface area (Å²) in [7, 11) is 0. The van der Waals surface area contributed by atoms with Crippen LogP contribution in [0.1, 0.15) is 34.8 Å². The van der Waals surface area contributed by atoms with Gasteiger partial charge in [0.1, 0.15) is 17.6 Å². The minimum absolute atomic E-state index is 0.361. The molecule has 0 saturated heterocycles. The van der Waals surface area contributed by atoms with Crippen LogP contribution in [0.25, 0.3) is 0 Å². The molecule has 1 amide bonds. The first-order chi connectivity index (χ1) is 15.2. The predicted octanol–water partition coefficient (Wildman–Crippen LogP) is 5.21. The maximum absolute atomic E-state index is 13.8. The molecule has 0 saturated carbocycles. The van der Waals surface area contributed by atoms with Crippen LogP contribution in [0.15, 0.2) is 66.9 Å². The van der Waals surface area contributed by atoms with E-state index in [0.29, 0.717) is 41.8 Å². The van der Waals surface area contributed by atoms with Crippen molar-refractivity contribution < 1.29 is 22.4 Å². The van der Waals surface area contributed by atoms with E-state index < -0.39 is 23.8 Å². The summed E-state index contributed by atoms with van der Waals surface area (Å²) >= 11 is 0. The van der Waals surface area contributed by atoms with E-state index >= 15 is 0 Å². The Balaban J connectivity index is 1.84. The van der Waals surface area contributed by atoms with Crippen LogP contribution in [0.2, 0.25) is 0 Å². The molecular formula is C24H23F4N3O. The number of nitrogens with zero attached hydrogens (tertiary/aromatic N) is 2. The van der Waals surface area contributed by atoms with E-state index in [-0.39, 0.29) is 5.82 Å². The molecule has 3 rings (SSSR count). The Kier molecular flexibility index (Phi) is 7.12. The van der Waals surface area contributed by atoms with Gasteiger partial charge in [-0.1, -0.05) is 36.4 Å². The van der Waals surface area contributed by atoms with Gasteiger partial charge in [-0.3, -0.25) is 9.78 Å². The van der Waals surface area contributed by atoms with Crippen molar-refractivity contribution in [2.24, 2.45) is 5.73 Å². The number of carbonyl (C=O) groups excluding carboxylic acids is 1. The van der Waals surface area contributed by atoms with E-state index in [1.807, 2.05) is 6.07 Å². The SMILES string of the molecule is Cc1cc(N(CCCc2ccc(C(F)(F)F)nc2)[C@H](C(N)=O)c2ccccc2)ccc1F. The van der Waals surface area contributed by atoms with Gasteiger partial charge in [-0.15, -0.1) is 0 Å². The van der Waals surface area contributed by atoms with Crippen molar-refractivity contribution in [2.45, 2.75) is 32.0 Å². The maximum Gasteiger partial charge on any atom is 0.433 e. The third-order valence-corrected chi connectivity index (χ3v) is 5.15. The summed E-state index contributed by atoms with van der Waals surface area (Å²) in [5.41, 5.74) is 7.19. The number of pyridine rings is 1. The molecule has 2 N–H and O–H groups in total. The molecule has 168 valence electrons. The molecule has 4 nitrogen and oxygen atoms in total. The van der Waals surface area contributed by atoms with E-state index in [1.54, 1.807) is 48.2 Å². The van der Waals surface area contributed by atoms with E-state index in [2.05, 4.69) is 4.98 Å². The second-order valence-corrected chi connectivity index (χ2v) is 7.50. The van der Waals surface area contributed by atoms with E-state index in [0.717, 1.165) is 6.07 Å². The summed E-state index contributed by atoms with van der Waals surface area (Å²) in [6.07, 6.45) is -2.32. The van der Waals surface area contributed by atoms with E-state index in [9.17, 15) is 22.4 Å². The molecular weight excluding hydrogens is 422 g/mol. The molecule has 0 spiro atoms. The lowest BCUT2D eigenvalue weighted by molar-refractivity contribution is -0.141. The van der Waals surface area contributed by atoms with Gasteiger partial charge in [0.2, 0.25) is 5.91 Å². The van der Waals surface area contributed by atoms with Gasteiger partial charge in [-0.05, 0) is 60.7 Å². The zero-order valence-electron chi connectivity index (χ0n) is 17.4. The molecule has 1 heterocycles. The van der Waals surface area contributed by atoms with Gasteiger partial charge in [-0.2, -0.15) is 13.2 Å². The lowest BCUT2D eigenvalue weighted by Gasteiger charge is -2.32. The minimum Gasteiger partial charge on any atom is -0.368 e. The van der Waals surface area contributed by atoms with Crippen LogP contribution in [0.3, 0.4) is 0 Å². The topological polar surface area (TPSA) is 59.2 Å². The number of hydrogen-bond donors (Lipinski definition) is 1. The highest BCUT2D eigenvalue weighted by Gasteiger charge is 2.32. The van der Waals surface area contributed by atoms with E-state index in [1.165, 1.54) is 18.3 Å². The van der Waals surface area contributed by atoms with Gasteiger partial charge in [0.05, 0.1) is 0 Å². The van der Waals surface area contributed by atoms with Crippen LogP contribution >= 0.6 is 0 Å². The van der Waals surface area contributed by atoms with Gasteiger partial charge in [0.15, 0.2) is 0 Å². The number of anilines is 1. The number of primary amides is 1. The molecule has 0 aliphatic carbocycles. The average Bonchev–Trinajstić information content (AvgIpc) is 2.75. The first kappa shape index (κ1) is 23.2. The Morgan fingerprint density at radius 2 is 1.81 bits per heavy atom. The maximum atomic E-state index is 13.8. The highest BCUT2D eigenvalue weighted by molar-refractivity contribution is 5.85. The highest BCUT2D eigenvalue weighted by Crippen LogP contribution is 2.30. The van der Waals surface area contributed by atoms with Crippen molar-refractivity contribution in [2.75, 3.05) is 11.4 Å². The lowest BCUT2D eigenvalue weighted by atomic mass is 10.0. The summed E-state index contributed by atoms with van der Waals surface area (Å²) in [4.78, 5) is 17.7. The molecule has 1 atom stereocenters.